The van der Waals surface area contributed by atoms with Crippen LogP contribution in [0.4, 0.5) is 5.82 Å². The van der Waals surface area contributed by atoms with E-state index in [1.165, 1.54) is 6.42 Å². The summed E-state index contributed by atoms with van der Waals surface area (Å²) < 4.78 is 6.38. The van der Waals surface area contributed by atoms with Gasteiger partial charge in [-0.25, -0.2) is 4.98 Å². The number of methoxy groups -OCH3 is 1. The lowest BCUT2D eigenvalue weighted by molar-refractivity contribution is -0.0601. The average molecular weight is 271 g/mol. The molecule has 1 aromatic heterocycles. The van der Waals surface area contributed by atoms with Crippen LogP contribution in [0.2, 0.25) is 0 Å². The van der Waals surface area contributed by atoms with E-state index >= 15 is 0 Å². The molecule has 0 spiro atoms. The van der Waals surface area contributed by atoms with Crippen molar-refractivity contribution in [3.63, 3.8) is 0 Å². The van der Waals surface area contributed by atoms with Crippen LogP contribution in [0.15, 0.2) is 22.8 Å². The molecule has 82 valence electrons. The van der Waals surface area contributed by atoms with E-state index in [4.69, 9.17) is 4.74 Å². The lowest BCUT2D eigenvalue weighted by Crippen LogP contribution is -2.45. The standard InChI is InChI=1S/C11H15BrN2O/c1-15-11(6-3-7-11)8-13-10-5-2-4-9(12)14-10/h2,4-5H,3,6-8H2,1H3,(H,13,14). The molecular formula is C11H15BrN2O. The van der Waals surface area contributed by atoms with Gasteiger partial charge in [0.2, 0.25) is 0 Å². The first-order chi connectivity index (χ1) is 7.24. The number of pyridine rings is 1. The first-order valence-corrected chi connectivity index (χ1v) is 5.95. The van der Waals surface area contributed by atoms with Crippen molar-refractivity contribution in [1.82, 2.24) is 4.98 Å². The van der Waals surface area contributed by atoms with Crippen LogP contribution in [0.5, 0.6) is 0 Å². The van der Waals surface area contributed by atoms with E-state index in [1.54, 1.807) is 7.11 Å². The SMILES string of the molecule is COC1(CNc2cccc(Br)n2)CCC1. The zero-order valence-corrected chi connectivity index (χ0v) is 10.4. The Labute approximate surface area is 98.4 Å². The Bertz CT molecular complexity index is 334. The van der Waals surface area contributed by atoms with Crippen molar-refractivity contribution in [2.24, 2.45) is 0 Å². The minimum Gasteiger partial charge on any atom is -0.376 e. The molecule has 1 saturated carbocycles. The summed E-state index contributed by atoms with van der Waals surface area (Å²) in [5.74, 6) is 0.896. The number of anilines is 1. The molecule has 0 aliphatic heterocycles. The first kappa shape index (κ1) is 10.9. The highest BCUT2D eigenvalue weighted by molar-refractivity contribution is 9.10. The molecule has 1 aromatic rings. The van der Waals surface area contributed by atoms with Gasteiger partial charge in [0, 0.05) is 13.7 Å². The highest BCUT2D eigenvalue weighted by atomic mass is 79.9. The molecule has 0 amide bonds. The Morgan fingerprint density at radius 2 is 2.33 bits per heavy atom. The average Bonchev–Trinajstić information content (AvgIpc) is 2.17. The molecule has 1 fully saturated rings. The van der Waals surface area contributed by atoms with E-state index in [9.17, 15) is 0 Å². The molecule has 1 N–H and O–H groups in total. The molecule has 4 heteroatoms. The summed E-state index contributed by atoms with van der Waals surface area (Å²) in [7, 11) is 1.79. The van der Waals surface area contributed by atoms with Gasteiger partial charge in [-0.05, 0) is 47.3 Å². The summed E-state index contributed by atoms with van der Waals surface area (Å²) in [4.78, 5) is 4.32. The number of nitrogens with zero attached hydrogens (tertiary/aromatic N) is 1. The van der Waals surface area contributed by atoms with Crippen molar-refractivity contribution in [2.45, 2.75) is 24.9 Å². The quantitative estimate of drug-likeness (QED) is 0.855. The van der Waals surface area contributed by atoms with Crippen LogP contribution in [0.3, 0.4) is 0 Å². The molecule has 15 heavy (non-hydrogen) atoms. The van der Waals surface area contributed by atoms with Gasteiger partial charge < -0.3 is 10.1 Å². The molecule has 0 saturated heterocycles. The predicted octanol–water partition coefficient (Wildman–Crippen LogP) is 2.83. The molecule has 1 aliphatic rings. The molecule has 1 aliphatic carbocycles. The number of rotatable bonds is 4. The van der Waals surface area contributed by atoms with Gasteiger partial charge in [-0.15, -0.1) is 0 Å². The molecule has 0 bridgehead atoms. The second-order valence-corrected chi connectivity index (χ2v) is 4.75. The number of aromatic nitrogens is 1. The fourth-order valence-electron chi connectivity index (χ4n) is 1.78. The van der Waals surface area contributed by atoms with Crippen LogP contribution in [-0.4, -0.2) is 24.2 Å². The summed E-state index contributed by atoms with van der Waals surface area (Å²) in [6.45, 7) is 0.840. The molecule has 0 radical (unpaired) electrons. The van der Waals surface area contributed by atoms with Crippen molar-refractivity contribution in [2.75, 3.05) is 19.0 Å². The smallest absolute Gasteiger partial charge is 0.127 e. The van der Waals surface area contributed by atoms with Gasteiger partial charge in [-0.3, -0.25) is 0 Å². The monoisotopic (exact) mass is 270 g/mol. The van der Waals surface area contributed by atoms with E-state index in [0.717, 1.165) is 29.8 Å². The predicted molar refractivity (Wildman–Crippen MR) is 64.0 cm³/mol. The molecule has 1 heterocycles. The molecular weight excluding hydrogens is 256 g/mol. The Morgan fingerprint density at radius 1 is 1.53 bits per heavy atom. The molecule has 0 aromatic carbocycles. The van der Waals surface area contributed by atoms with Gasteiger partial charge in [-0.2, -0.15) is 0 Å². The lowest BCUT2D eigenvalue weighted by atomic mass is 9.80. The maximum absolute atomic E-state index is 5.52. The van der Waals surface area contributed by atoms with Crippen LogP contribution in [0.1, 0.15) is 19.3 Å². The van der Waals surface area contributed by atoms with E-state index < -0.39 is 0 Å². The first-order valence-electron chi connectivity index (χ1n) is 5.16. The normalized spacial score (nSPS) is 18.3. The number of ether oxygens (including phenoxy) is 1. The van der Waals surface area contributed by atoms with Crippen molar-refractivity contribution in [3.05, 3.63) is 22.8 Å². The molecule has 2 rings (SSSR count). The zero-order valence-electron chi connectivity index (χ0n) is 8.79. The lowest BCUT2D eigenvalue weighted by Gasteiger charge is -2.40. The number of hydrogen-bond acceptors (Lipinski definition) is 3. The number of halogens is 1. The second-order valence-electron chi connectivity index (χ2n) is 3.94. The fraction of sp³-hybridized carbons (Fsp3) is 0.545. The second kappa shape index (κ2) is 4.49. The maximum atomic E-state index is 5.52. The molecule has 0 unspecified atom stereocenters. The largest absolute Gasteiger partial charge is 0.376 e. The van der Waals surface area contributed by atoms with Crippen molar-refractivity contribution < 1.29 is 4.74 Å². The van der Waals surface area contributed by atoms with Crippen molar-refractivity contribution in [1.29, 1.82) is 0 Å². The van der Waals surface area contributed by atoms with Crippen LogP contribution >= 0.6 is 15.9 Å². The molecule has 3 nitrogen and oxygen atoms in total. The van der Waals surface area contributed by atoms with Crippen molar-refractivity contribution in [3.8, 4) is 0 Å². The van der Waals surface area contributed by atoms with Gasteiger partial charge in [0.25, 0.3) is 0 Å². The Morgan fingerprint density at radius 3 is 2.87 bits per heavy atom. The van der Waals surface area contributed by atoms with E-state index in [2.05, 4.69) is 26.2 Å². The van der Waals surface area contributed by atoms with Crippen LogP contribution < -0.4 is 5.32 Å². The van der Waals surface area contributed by atoms with Crippen LogP contribution in [0, 0.1) is 0 Å². The van der Waals surface area contributed by atoms with Gasteiger partial charge in [-0.1, -0.05) is 6.07 Å². The van der Waals surface area contributed by atoms with E-state index in [-0.39, 0.29) is 5.60 Å². The third-order valence-electron chi connectivity index (χ3n) is 3.00. The Kier molecular flexibility index (Phi) is 3.26. The van der Waals surface area contributed by atoms with Crippen molar-refractivity contribution >= 4 is 21.7 Å². The van der Waals surface area contributed by atoms with E-state index in [1.807, 2.05) is 18.2 Å². The van der Waals surface area contributed by atoms with Crippen LogP contribution in [-0.2, 0) is 4.74 Å². The van der Waals surface area contributed by atoms with Gasteiger partial charge in [0.05, 0.1) is 5.60 Å². The third-order valence-corrected chi connectivity index (χ3v) is 3.45. The summed E-state index contributed by atoms with van der Waals surface area (Å²) in [6.07, 6.45) is 3.55. The number of hydrogen-bond donors (Lipinski definition) is 1. The third kappa shape index (κ3) is 2.49. The highest BCUT2D eigenvalue weighted by Gasteiger charge is 2.36. The fourth-order valence-corrected chi connectivity index (χ4v) is 2.13. The number of nitrogens with one attached hydrogen (secondary N) is 1. The summed E-state index contributed by atoms with van der Waals surface area (Å²) in [6, 6.07) is 5.85. The zero-order chi connectivity index (χ0) is 10.7. The Balaban J connectivity index is 1.92. The topological polar surface area (TPSA) is 34.1 Å². The van der Waals surface area contributed by atoms with Gasteiger partial charge >= 0.3 is 0 Å². The van der Waals surface area contributed by atoms with Gasteiger partial charge in [0.1, 0.15) is 10.4 Å². The minimum atomic E-state index is 0.0456. The van der Waals surface area contributed by atoms with Gasteiger partial charge in [0.15, 0.2) is 0 Å². The Hall–Kier alpha value is -0.610. The van der Waals surface area contributed by atoms with E-state index in [0.29, 0.717) is 0 Å². The summed E-state index contributed by atoms with van der Waals surface area (Å²) in [5, 5.41) is 3.31. The highest BCUT2D eigenvalue weighted by Crippen LogP contribution is 2.34. The maximum Gasteiger partial charge on any atom is 0.127 e. The minimum absolute atomic E-state index is 0.0456. The summed E-state index contributed by atoms with van der Waals surface area (Å²) in [5.41, 5.74) is 0.0456. The van der Waals surface area contributed by atoms with Crippen LogP contribution in [0.25, 0.3) is 0 Å². The molecule has 0 atom stereocenters. The summed E-state index contributed by atoms with van der Waals surface area (Å²) >= 11 is 3.35.